The number of nitrogens with zero attached hydrogens (tertiary/aromatic N) is 1. The number of fused-ring (bicyclic) bond motifs is 1. The summed E-state index contributed by atoms with van der Waals surface area (Å²) in [5.74, 6) is -1.43. The van der Waals surface area contributed by atoms with E-state index in [1.807, 2.05) is 31.2 Å². The van der Waals surface area contributed by atoms with Gasteiger partial charge in [-0.2, -0.15) is 0 Å². The van der Waals surface area contributed by atoms with Crippen molar-refractivity contribution in [3.05, 3.63) is 66.1 Å². The van der Waals surface area contributed by atoms with Crippen LogP contribution in [0.15, 0.2) is 54.6 Å². The molecule has 0 spiro atoms. The molecule has 158 valence electrons. The first-order chi connectivity index (χ1) is 14.3. The predicted molar refractivity (Wildman–Crippen MR) is 124 cm³/mol. The zero-order valence-electron chi connectivity index (χ0n) is 16.4. The summed E-state index contributed by atoms with van der Waals surface area (Å²) >= 11 is 2.31. The number of carboxylic acids is 1. The van der Waals surface area contributed by atoms with Gasteiger partial charge in [-0.15, -0.1) is 0 Å². The Morgan fingerprint density at radius 1 is 1.17 bits per heavy atom. The molecule has 1 heterocycles. The van der Waals surface area contributed by atoms with Crippen molar-refractivity contribution in [1.82, 2.24) is 4.57 Å². The van der Waals surface area contributed by atoms with Crippen LogP contribution in [0.4, 0.5) is 4.39 Å². The van der Waals surface area contributed by atoms with Crippen molar-refractivity contribution >= 4 is 45.5 Å². The van der Waals surface area contributed by atoms with Crippen molar-refractivity contribution in [3.8, 4) is 11.1 Å². The maximum atomic E-state index is 13.5. The second kappa shape index (κ2) is 9.72. The zero-order valence-corrected chi connectivity index (χ0v) is 18.5. The highest BCUT2D eigenvalue weighted by atomic mass is 127. The summed E-state index contributed by atoms with van der Waals surface area (Å²) in [7, 11) is 0. The molecule has 3 rings (SSSR count). The highest BCUT2D eigenvalue weighted by molar-refractivity contribution is 14.1. The average Bonchev–Trinajstić information content (AvgIpc) is 3.00. The Labute approximate surface area is 187 Å². The van der Waals surface area contributed by atoms with E-state index in [1.54, 1.807) is 24.3 Å². The van der Waals surface area contributed by atoms with Gasteiger partial charge in [0.1, 0.15) is 5.82 Å². The molecular weight excluding hydrogens is 500 g/mol. The summed E-state index contributed by atoms with van der Waals surface area (Å²) in [6, 6.07) is 14.2. The fourth-order valence-corrected chi connectivity index (χ4v) is 4.19. The Morgan fingerprint density at radius 3 is 2.47 bits per heavy atom. The molecule has 0 aliphatic heterocycles. The van der Waals surface area contributed by atoms with Crippen molar-refractivity contribution in [2.45, 2.75) is 36.0 Å². The van der Waals surface area contributed by atoms with Crippen LogP contribution in [0.5, 0.6) is 0 Å². The molecule has 0 saturated heterocycles. The van der Waals surface area contributed by atoms with Crippen molar-refractivity contribution in [3.63, 3.8) is 0 Å². The number of aliphatic hydroxyl groups is 2. The molecule has 0 fully saturated rings. The van der Waals surface area contributed by atoms with E-state index in [2.05, 4.69) is 27.2 Å². The molecule has 1 aromatic heterocycles. The van der Waals surface area contributed by atoms with Crippen molar-refractivity contribution in [2.75, 3.05) is 0 Å². The second-order valence-corrected chi connectivity index (χ2v) is 8.94. The summed E-state index contributed by atoms with van der Waals surface area (Å²) in [5.41, 5.74) is 3.63. The minimum Gasteiger partial charge on any atom is -0.481 e. The SMILES string of the molecule is CC(I)n1c(/C=C/[C@H](O)C[C@H](O)CC(=O)O)c(-c2ccc(F)cc2)c2ccccc21. The third-order valence-electron chi connectivity index (χ3n) is 4.84. The van der Waals surface area contributed by atoms with Gasteiger partial charge >= 0.3 is 5.97 Å². The lowest BCUT2D eigenvalue weighted by molar-refractivity contribution is -0.139. The van der Waals surface area contributed by atoms with E-state index in [1.165, 1.54) is 12.1 Å². The van der Waals surface area contributed by atoms with Gasteiger partial charge in [-0.25, -0.2) is 4.39 Å². The van der Waals surface area contributed by atoms with E-state index in [4.69, 9.17) is 5.11 Å². The molecule has 0 saturated carbocycles. The molecule has 0 aliphatic carbocycles. The first kappa shape index (κ1) is 22.5. The first-order valence-corrected chi connectivity index (χ1v) is 10.8. The standard InChI is InChI=1S/C23H23FINO4/c1-14(25)26-20-5-3-2-4-19(20)23(15-6-8-16(24)9-7-15)21(26)11-10-17(27)12-18(28)13-22(29)30/h2-11,14,17-18,27-28H,12-13H2,1H3,(H,29,30)/b11-10+/t14?,17-,18-/m0/s1. The third kappa shape index (κ3) is 5.08. The van der Waals surface area contributed by atoms with Gasteiger partial charge in [0, 0.05) is 17.4 Å². The van der Waals surface area contributed by atoms with Crippen LogP contribution < -0.4 is 0 Å². The number of aliphatic carboxylic acids is 1. The number of carboxylic acid groups (broad SMARTS) is 1. The van der Waals surface area contributed by atoms with Gasteiger partial charge in [0.2, 0.25) is 0 Å². The van der Waals surface area contributed by atoms with Crippen LogP contribution in [0.2, 0.25) is 0 Å². The minimum atomic E-state index is -1.13. The van der Waals surface area contributed by atoms with Gasteiger partial charge in [0.05, 0.1) is 33.9 Å². The lowest BCUT2D eigenvalue weighted by Gasteiger charge is -2.14. The molecule has 3 aromatic rings. The molecule has 0 radical (unpaired) electrons. The van der Waals surface area contributed by atoms with E-state index in [0.29, 0.717) is 0 Å². The number of halogens is 2. The van der Waals surface area contributed by atoms with E-state index in [-0.39, 0.29) is 16.3 Å². The van der Waals surface area contributed by atoms with Crippen LogP contribution in [0.3, 0.4) is 0 Å². The van der Waals surface area contributed by atoms with Crippen LogP contribution in [-0.4, -0.2) is 38.1 Å². The Bertz CT molecular complexity index is 1060. The van der Waals surface area contributed by atoms with E-state index in [0.717, 1.165) is 27.7 Å². The number of alkyl halides is 1. The molecule has 3 N–H and O–H groups in total. The summed E-state index contributed by atoms with van der Waals surface area (Å²) in [6.07, 6.45) is 0.712. The zero-order chi connectivity index (χ0) is 21.8. The maximum absolute atomic E-state index is 13.5. The van der Waals surface area contributed by atoms with Crippen LogP contribution in [0, 0.1) is 5.82 Å². The summed E-state index contributed by atoms with van der Waals surface area (Å²) in [4.78, 5) is 10.7. The smallest absolute Gasteiger partial charge is 0.305 e. The Balaban J connectivity index is 2.08. The maximum Gasteiger partial charge on any atom is 0.305 e. The molecule has 0 amide bonds. The Morgan fingerprint density at radius 2 is 1.83 bits per heavy atom. The van der Waals surface area contributed by atoms with Crippen LogP contribution in [-0.2, 0) is 4.79 Å². The van der Waals surface area contributed by atoms with Gasteiger partial charge in [0.15, 0.2) is 0 Å². The highest BCUT2D eigenvalue weighted by Gasteiger charge is 2.20. The van der Waals surface area contributed by atoms with Crippen LogP contribution in [0.1, 0.15) is 29.5 Å². The van der Waals surface area contributed by atoms with Crippen molar-refractivity contribution in [1.29, 1.82) is 0 Å². The number of aliphatic hydroxyl groups excluding tert-OH is 2. The summed E-state index contributed by atoms with van der Waals surface area (Å²) < 4.78 is 15.7. The largest absolute Gasteiger partial charge is 0.481 e. The number of aromatic nitrogens is 1. The topological polar surface area (TPSA) is 82.7 Å². The van der Waals surface area contributed by atoms with Gasteiger partial charge < -0.3 is 19.9 Å². The quantitative estimate of drug-likeness (QED) is 0.287. The Kier molecular flexibility index (Phi) is 7.27. The van der Waals surface area contributed by atoms with E-state index < -0.39 is 24.6 Å². The third-order valence-corrected chi connectivity index (χ3v) is 5.39. The molecule has 0 bridgehead atoms. The van der Waals surface area contributed by atoms with E-state index >= 15 is 0 Å². The molecule has 1 unspecified atom stereocenters. The fraction of sp³-hybridized carbons (Fsp3) is 0.261. The van der Waals surface area contributed by atoms with Gasteiger partial charge in [0.25, 0.3) is 0 Å². The average molecular weight is 523 g/mol. The van der Waals surface area contributed by atoms with Gasteiger partial charge in [-0.05, 0) is 36.8 Å². The van der Waals surface area contributed by atoms with Crippen molar-refractivity contribution in [2.24, 2.45) is 0 Å². The summed E-state index contributed by atoms with van der Waals surface area (Å²) in [5, 5.41) is 29.9. The molecule has 5 nitrogen and oxygen atoms in total. The van der Waals surface area contributed by atoms with Gasteiger partial charge in [-0.1, -0.05) is 59.0 Å². The number of carbonyl (C=O) groups is 1. The van der Waals surface area contributed by atoms with Gasteiger partial charge in [-0.3, -0.25) is 4.79 Å². The molecule has 7 heteroatoms. The normalized spacial score (nSPS) is 14.8. The minimum absolute atomic E-state index is 0.0747. The second-order valence-electron chi connectivity index (χ2n) is 7.14. The summed E-state index contributed by atoms with van der Waals surface area (Å²) in [6.45, 7) is 2.05. The number of rotatable bonds is 8. The Hall–Kier alpha value is -2.23. The highest BCUT2D eigenvalue weighted by Crippen LogP contribution is 2.39. The lowest BCUT2D eigenvalue weighted by Crippen LogP contribution is -2.19. The van der Waals surface area contributed by atoms with E-state index in [9.17, 15) is 19.4 Å². The number of para-hydroxylation sites is 1. The monoisotopic (exact) mass is 523 g/mol. The molecular formula is C23H23FINO4. The fourth-order valence-electron chi connectivity index (χ4n) is 3.59. The predicted octanol–water partition coefficient (Wildman–Crippen LogP) is 5.00. The number of hydrogen-bond donors (Lipinski definition) is 3. The van der Waals surface area contributed by atoms with Crippen LogP contribution in [0.25, 0.3) is 28.1 Å². The molecule has 30 heavy (non-hydrogen) atoms. The molecule has 0 aliphatic rings. The number of hydrogen-bond acceptors (Lipinski definition) is 3. The lowest BCUT2D eigenvalue weighted by atomic mass is 10.0. The molecule has 2 aromatic carbocycles. The van der Waals surface area contributed by atoms with Crippen molar-refractivity contribution < 1.29 is 24.5 Å². The first-order valence-electron chi connectivity index (χ1n) is 9.57. The molecule has 3 atom stereocenters. The van der Waals surface area contributed by atoms with Crippen LogP contribution >= 0.6 is 22.6 Å². The number of benzene rings is 2.